The van der Waals surface area contributed by atoms with Crippen LogP contribution in [0.5, 0.6) is 0 Å². The Morgan fingerprint density at radius 3 is 2.72 bits per heavy atom. The van der Waals surface area contributed by atoms with Gasteiger partial charge < -0.3 is 5.32 Å². The highest BCUT2D eigenvalue weighted by Crippen LogP contribution is 2.32. The molecule has 0 atom stereocenters. The number of nitrogens with one attached hydrogen (secondary N) is 1. The Balaban J connectivity index is 1.89. The Kier molecular flexibility index (Phi) is 4.99. The Morgan fingerprint density at radius 1 is 1.20 bits per heavy atom. The van der Waals surface area contributed by atoms with Crippen molar-refractivity contribution < 1.29 is 4.79 Å². The summed E-state index contributed by atoms with van der Waals surface area (Å²) in [4.78, 5) is 29.0. The van der Waals surface area contributed by atoms with Crippen LogP contribution in [0.25, 0.3) is 10.9 Å². The van der Waals surface area contributed by atoms with Gasteiger partial charge in [-0.3, -0.25) is 14.2 Å². The number of amides is 1. The average Bonchev–Trinajstić information content (AvgIpc) is 2.58. The highest BCUT2D eigenvalue weighted by molar-refractivity contribution is 6.40. The third-order valence-corrected chi connectivity index (χ3v) is 4.69. The van der Waals surface area contributed by atoms with Crippen LogP contribution in [0.3, 0.4) is 0 Å². The topological polar surface area (TPSA) is 64.0 Å². The van der Waals surface area contributed by atoms with Gasteiger partial charge in [-0.2, -0.15) is 0 Å². The van der Waals surface area contributed by atoms with E-state index in [2.05, 4.69) is 10.3 Å². The fourth-order valence-electron chi connectivity index (χ4n) is 2.35. The molecule has 1 amide bonds. The first-order valence-corrected chi connectivity index (χ1v) is 8.39. The third-order valence-electron chi connectivity index (χ3n) is 3.65. The van der Waals surface area contributed by atoms with Gasteiger partial charge in [0, 0.05) is 5.02 Å². The van der Waals surface area contributed by atoms with Crippen LogP contribution in [0, 0.1) is 6.92 Å². The lowest BCUT2D eigenvalue weighted by molar-refractivity contribution is -0.116. The second-order valence-corrected chi connectivity index (χ2v) is 6.66. The van der Waals surface area contributed by atoms with E-state index in [1.807, 2.05) is 0 Å². The molecule has 5 nitrogen and oxygen atoms in total. The van der Waals surface area contributed by atoms with Gasteiger partial charge in [-0.15, -0.1) is 0 Å². The Bertz CT molecular complexity index is 1050. The summed E-state index contributed by atoms with van der Waals surface area (Å²) in [7, 11) is 0. The molecule has 3 rings (SSSR count). The fraction of sp³-hybridized carbons (Fsp3) is 0.118. The molecule has 1 N–H and O–H groups in total. The quantitative estimate of drug-likeness (QED) is 0.718. The summed E-state index contributed by atoms with van der Waals surface area (Å²) in [6.07, 6.45) is 1.32. The molecular weight excluding hydrogens is 385 g/mol. The van der Waals surface area contributed by atoms with Crippen molar-refractivity contribution in [3.05, 3.63) is 67.6 Å². The minimum absolute atomic E-state index is 0.227. The van der Waals surface area contributed by atoms with E-state index in [-0.39, 0.29) is 12.1 Å². The maximum atomic E-state index is 12.5. The standard InChI is InChI=1S/C17H12Cl3N3O2/c1-9-2-4-12(19)16(15(9)20)22-14(24)7-23-8-21-13-5-3-10(18)6-11(13)17(23)25/h2-6,8H,7H2,1H3,(H,22,24). The van der Waals surface area contributed by atoms with Crippen LogP contribution in [0.1, 0.15) is 5.56 Å². The summed E-state index contributed by atoms with van der Waals surface area (Å²) in [6, 6.07) is 8.21. The summed E-state index contributed by atoms with van der Waals surface area (Å²) < 4.78 is 1.20. The smallest absolute Gasteiger partial charge is 0.261 e. The Morgan fingerprint density at radius 2 is 1.96 bits per heavy atom. The zero-order valence-corrected chi connectivity index (χ0v) is 15.3. The third kappa shape index (κ3) is 3.63. The number of hydrogen-bond acceptors (Lipinski definition) is 3. The molecule has 2 aromatic carbocycles. The number of aromatic nitrogens is 2. The highest BCUT2D eigenvalue weighted by Gasteiger charge is 2.13. The first kappa shape index (κ1) is 17.7. The number of aryl methyl sites for hydroxylation is 1. The van der Waals surface area contributed by atoms with Crippen molar-refractivity contribution in [3.8, 4) is 0 Å². The van der Waals surface area contributed by atoms with Gasteiger partial charge in [-0.1, -0.05) is 40.9 Å². The Labute approximate surface area is 158 Å². The summed E-state index contributed by atoms with van der Waals surface area (Å²) >= 11 is 18.2. The van der Waals surface area contributed by atoms with E-state index in [9.17, 15) is 9.59 Å². The number of anilines is 1. The van der Waals surface area contributed by atoms with E-state index in [4.69, 9.17) is 34.8 Å². The minimum Gasteiger partial charge on any atom is -0.322 e. The zero-order valence-electron chi connectivity index (χ0n) is 13.0. The predicted molar refractivity (Wildman–Crippen MR) is 101 cm³/mol. The lowest BCUT2D eigenvalue weighted by Crippen LogP contribution is -2.28. The monoisotopic (exact) mass is 395 g/mol. The van der Waals surface area contributed by atoms with Gasteiger partial charge in [0.15, 0.2) is 0 Å². The number of rotatable bonds is 3. The Hall–Kier alpha value is -2.08. The van der Waals surface area contributed by atoms with Crippen LogP contribution in [0.2, 0.25) is 15.1 Å². The molecule has 0 saturated carbocycles. The van der Waals surface area contributed by atoms with E-state index in [1.165, 1.54) is 17.0 Å². The zero-order chi connectivity index (χ0) is 18.1. The normalized spacial score (nSPS) is 10.9. The number of halogens is 3. The number of carbonyl (C=O) groups excluding carboxylic acids is 1. The van der Waals surface area contributed by atoms with E-state index >= 15 is 0 Å². The largest absolute Gasteiger partial charge is 0.322 e. The molecule has 8 heteroatoms. The van der Waals surface area contributed by atoms with Crippen LogP contribution in [-0.2, 0) is 11.3 Å². The van der Waals surface area contributed by atoms with Gasteiger partial charge in [0.05, 0.1) is 33.0 Å². The summed E-state index contributed by atoms with van der Waals surface area (Å²) in [5.41, 5.74) is 1.25. The molecule has 1 aromatic heterocycles. The first-order valence-electron chi connectivity index (χ1n) is 7.26. The lowest BCUT2D eigenvalue weighted by Gasteiger charge is -2.12. The summed E-state index contributed by atoms with van der Waals surface area (Å²) in [5, 5.41) is 4.08. The molecule has 1 heterocycles. The molecule has 25 heavy (non-hydrogen) atoms. The molecule has 0 unspecified atom stereocenters. The molecule has 0 fully saturated rings. The average molecular weight is 397 g/mol. The van der Waals surface area contributed by atoms with Crippen LogP contribution in [0.4, 0.5) is 5.69 Å². The minimum atomic E-state index is -0.445. The van der Waals surface area contributed by atoms with Crippen LogP contribution in [0.15, 0.2) is 41.5 Å². The summed E-state index contributed by atoms with van der Waals surface area (Å²) in [5.74, 6) is -0.445. The van der Waals surface area contributed by atoms with E-state index in [1.54, 1.807) is 31.2 Å². The van der Waals surface area contributed by atoms with Crippen molar-refractivity contribution in [3.63, 3.8) is 0 Å². The van der Waals surface area contributed by atoms with Crippen LogP contribution < -0.4 is 10.9 Å². The van der Waals surface area contributed by atoms with Gasteiger partial charge in [-0.25, -0.2) is 4.98 Å². The first-order chi connectivity index (χ1) is 11.9. The van der Waals surface area contributed by atoms with Crippen molar-refractivity contribution in [2.24, 2.45) is 0 Å². The molecule has 0 aliphatic rings. The second kappa shape index (κ2) is 7.04. The molecule has 0 aliphatic carbocycles. The second-order valence-electron chi connectivity index (χ2n) is 5.44. The van der Waals surface area contributed by atoms with Crippen molar-refractivity contribution >= 4 is 57.3 Å². The maximum Gasteiger partial charge on any atom is 0.261 e. The van der Waals surface area contributed by atoms with E-state index in [0.717, 1.165) is 5.56 Å². The van der Waals surface area contributed by atoms with Gasteiger partial charge in [0.25, 0.3) is 5.56 Å². The molecule has 128 valence electrons. The predicted octanol–water partition coefficient (Wildman–Crippen LogP) is 4.30. The molecule has 3 aromatic rings. The number of nitrogens with zero attached hydrogens (tertiary/aromatic N) is 2. The summed E-state index contributed by atoms with van der Waals surface area (Å²) in [6.45, 7) is 1.57. The van der Waals surface area contributed by atoms with E-state index < -0.39 is 5.91 Å². The number of fused-ring (bicyclic) bond motifs is 1. The van der Waals surface area contributed by atoms with Crippen molar-refractivity contribution in [2.75, 3.05) is 5.32 Å². The molecule has 0 saturated heterocycles. The lowest BCUT2D eigenvalue weighted by atomic mass is 10.2. The van der Waals surface area contributed by atoms with Crippen molar-refractivity contribution in [1.29, 1.82) is 0 Å². The highest BCUT2D eigenvalue weighted by atomic mass is 35.5. The number of carbonyl (C=O) groups is 1. The molecule has 0 spiro atoms. The van der Waals surface area contributed by atoms with E-state index in [0.29, 0.717) is 31.7 Å². The number of hydrogen-bond donors (Lipinski definition) is 1. The molecule has 0 aliphatic heterocycles. The molecule has 0 radical (unpaired) electrons. The van der Waals surface area contributed by atoms with Gasteiger partial charge in [0.1, 0.15) is 6.54 Å². The molecular formula is C17H12Cl3N3O2. The van der Waals surface area contributed by atoms with Crippen molar-refractivity contribution in [1.82, 2.24) is 9.55 Å². The maximum absolute atomic E-state index is 12.5. The molecule has 0 bridgehead atoms. The van der Waals surface area contributed by atoms with Gasteiger partial charge in [0.2, 0.25) is 5.91 Å². The SMILES string of the molecule is Cc1ccc(Cl)c(NC(=O)Cn2cnc3ccc(Cl)cc3c2=O)c1Cl. The number of benzene rings is 2. The van der Waals surface area contributed by atoms with Crippen molar-refractivity contribution in [2.45, 2.75) is 13.5 Å². The van der Waals surface area contributed by atoms with Gasteiger partial charge >= 0.3 is 0 Å². The van der Waals surface area contributed by atoms with Gasteiger partial charge in [-0.05, 0) is 36.8 Å². The van der Waals surface area contributed by atoms with Crippen LogP contribution in [-0.4, -0.2) is 15.5 Å². The fourth-order valence-corrected chi connectivity index (χ4v) is 2.99. The van der Waals surface area contributed by atoms with Crippen LogP contribution >= 0.6 is 34.8 Å².